The second-order valence-electron chi connectivity index (χ2n) is 9.04. The van der Waals surface area contributed by atoms with Crippen LogP contribution in [0.5, 0.6) is 0 Å². The number of hydrazine groups is 1. The molecule has 3 atom stereocenters. The highest BCUT2D eigenvalue weighted by atomic mass is 16.2. The number of rotatable bonds is 4. The van der Waals surface area contributed by atoms with Crippen molar-refractivity contribution in [2.45, 2.75) is 38.3 Å². The number of carbonyl (C=O) groups is 3. The van der Waals surface area contributed by atoms with Crippen molar-refractivity contribution in [2.75, 3.05) is 11.6 Å². The third kappa shape index (κ3) is 4.19. The first kappa shape index (κ1) is 22.8. The summed E-state index contributed by atoms with van der Waals surface area (Å²) in [5.41, 5.74) is 8.15. The number of para-hydroxylation sites is 1. The van der Waals surface area contributed by atoms with Crippen LogP contribution in [0, 0.1) is 0 Å². The van der Waals surface area contributed by atoms with Crippen LogP contribution in [0.15, 0.2) is 72.8 Å². The molecule has 7 nitrogen and oxygen atoms in total. The van der Waals surface area contributed by atoms with Crippen molar-refractivity contribution in [3.63, 3.8) is 0 Å². The van der Waals surface area contributed by atoms with Crippen LogP contribution >= 0.6 is 0 Å². The molecule has 0 spiro atoms. The zero-order valence-electron chi connectivity index (χ0n) is 19.7. The number of carbonyl (C=O) groups excluding carboxylic acids is 3. The highest BCUT2D eigenvalue weighted by Crippen LogP contribution is 2.40. The number of fused-ring (bicyclic) bond motifs is 4. The van der Waals surface area contributed by atoms with Crippen molar-refractivity contribution < 1.29 is 14.4 Å². The Morgan fingerprint density at radius 1 is 0.943 bits per heavy atom. The Labute approximate surface area is 204 Å². The van der Waals surface area contributed by atoms with Crippen molar-refractivity contribution in [1.29, 1.82) is 0 Å². The predicted octanol–water partition coefficient (Wildman–Crippen LogP) is 3.23. The first-order valence-electron chi connectivity index (χ1n) is 11.9. The standard InChI is InChI=1S/C28H28N4O3/c1-17-20-10-5-6-12-22(20)23-13-7-8-14-24(23)32(28(17)35)31-26(33)18(2)30-27(34)25-21-11-4-3-9-19(21)15-16-29-25/h3-14,17-18,25,29H,15-16H2,1-2H3,(H,30,34)(H,31,33)/t17?,18-,25?/m0/s1. The first-order chi connectivity index (χ1) is 17.0. The van der Waals surface area contributed by atoms with Crippen LogP contribution in [-0.4, -0.2) is 30.3 Å². The van der Waals surface area contributed by atoms with Crippen LogP contribution in [0.1, 0.15) is 42.5 Å². The lowest BCUT2D eigenvalue weighted by Crippen LogP contribution is -2.55. The Hall–Kier alpha value is -3.97. The van der Waals surface area contributed by atoms with Crippen LogP contribution in [0.3, 0.4) is 0 Å². The Kier molecular flexibility index (Phi) is 6.09. The van der Waals surface area contributed by atoms with Gasteiger partial charge in [0.1, 0.15) is 12.1 Å². The van der Waals surface area contributed by atoms with Crippen molar-refractivity contribution in [2.24, 2.45) is 0 Å². The lowest BCUT2D eigenvalue weighted by atomic mass is 9.92. The molecule has 2 aliphatic heterocycles. The number of nitrogens with one attached hydrogen (secondary N) is 3. The van der Waals surface area contributed by atoms with E-state index in [1.165, 1.54) is 5.01 Å². The summed E-state index contributed by atoms with van der Waals surface area (Å²) in [5, 5.41) is 7.37. The molecule has 0 radical (unpaired) electrons. The number of nitrogens with zero attached hydrogens (tertiary/aromatic N) is 1. The van der Waals surface area contributed by atoms with Gasteiger partial charge < -0.3 is 10.6 Å². The fourth-order valence-electron chi connectivity index (χ4n) is 4.88. The molecule has 35 heavy (non-hydrogen) atoms. The summed E-state index contributed by atoms with van der Waals surface area (Å²) in [6.07, 6.45) is 0.854. The molecule has 178 valence electrons. The monoisotopic (exact) mass is 468 g/mol. The van der Waals surface area contributed by atoms with Gasteiger partial charge in [-0.05, 0) is 48.6 Å². The summed E-state index contributed by atoms with van der Waals surface area (Å²) in [6.45, 7) is 4.14. The van der Waals surface area contributed by atoms with Gasteiger partial charge in [-0.15, -0.1) is 0 Å². The summed E-state index contributed by atoms with van der Waals surface area (Å²) >= 11 is 0. The average Bonchev–Trinajstić information content (AvgIpc) is 2.98. The SMILES string of the molecule is CC1C(=O)N(NC(=O)[C@H](C)NC(=O)C2NCCc3ccccc32)c2ccccc2-c2ccccc21. The summed E-state index contributed by atoms with van der Waals surface area (Å²) in [4.78, 5) is 39.7. The van der Waals surface area contributed by atoms with Crippen LogP contribution < -0.4 is 21.1 Å². The minimum Gasteiger partial charge on any atom is -0.343 e. The molecule has 0 fully saturated rings. The number of amides is 3. The Morgan fingerprint density at radius 3 is 2.40 bits per heavy atom. The molecule has 0 saturated heterocycles. The minimum atomic E-state index is -0.848. The topological polar surface area (TPSA) is 90.5 Å². The fraction of sp³-hybridized carbons (Fsp3) is 0.250. The lowest BCUT2D eigenvalue weighted by Gasteiger charge is -2.29. The van der Waals surface area contributed by atoms with Gasteiger partial charge in [0.2, 0.25) is 5.91 Å². The summed E-state index contributed by atoms with van der Waals surface area (Å²) < 4.78 is 0. The van der Waals surface area contributed by atoms with E-state index >= 15 is 0 Å². The van der Waals surface area contributed by atoms with E-state index < -0.39 is 23.9 Å². The average molecular weight is 469 g/mol. The van der Waals surface area contributed by atoms with E-state index in [1.54, 1.807) is 6.92 Å². The quantitative estimate of drug-likeness (QED) is 0.548. The molecule has 3 N–H and O–H groups in total. The summed E-state index contributed by atoms with van der Waals surface area (Å²) in [5.74, 6) is -1.43. The second kappa shape index (κ2) is 9.35. The highest BCUT2D eigenvalue weighted by molar-refractivity contribution is 6.07. The van der Waals surface area contributed by atoms with Gasteiger partial charge in [0, 0.05) is 12.1 Å². The van der Waals surface area contributed by atoms with Crippen LogP contribution in [-0.2, 0) is 20.8 Å². The van der Waals surface area contributed by atoms with Gasteiger partial charge in [-0.2, -0.15) is 0 Å². The summed E-state index contributed by atoms with van der Waals surface area (Å²) in [7, 11) is 0. The maximum absolute atomic E-state index is 13.4. The van der Waals surface area contributed by atoms with E-state index in [0.717, 1.165) is 34.2 Å². The van der Waals surface area contributed by atoms with Crippen LogP contribution in [0.4, 0.5) is 5.69 Å². The molecule has 3 aromatic carbocycles. The first-order valence-corrected chi connectivity index (χ1v) is 11.9. The molecular weight excluding hydrogens is 440 g/mol. The van der Waals surface area contributed by atoms with E-state index in [2.05, 4.69) is 16.1 Å². The van der Waals surface area contributed by atoms with E-state index in [0.29, 0.717) is 12.2 Å². The van der Waals surface area contributed by atoms with Gasteiger partial charge in [0.25, 0.3) is 11.8 Å². The fourth-order valence-corrected chi connectivity index (χ4v) is 4.88. The van der Waals surface area contributed by atoms with Gasteiger partial charge in [-0.25, -0.2) is 5.01 Å². The molecule has 0 bridgehead atoms. The Morgan fingerprint density at radius 2 is 1.60 bits per heavy atom. The molecule has 3 aromatic rings. The maximum Gasteiger partial charge on any atom is 0.261 e. The van der Waals surface area contributed by atoms with E-state index in [-0.39, 0.29) is 11.8 Å². The van der Waals surface area contributed by atoms with Crippen molar-refractivity contribution in [3.05, 3.63) is 89.5 Å². The van der Waals surface area contributed by atoms with Gasteiger partial charge in [0.05, 0.1) is 11.6 Å². The molecule has 0 saturated carbocycles. The third-order valence-corrected chi connectivity index (χ3v) is 6.80. The van der Waals surface area contributed by atoms with Gasteiger partial charge in [-0.3, -0.25) is 19.8 Å². The van der Waals surface area contributed by atoms with Gasteiger partial charge >= 0.3 is 0 Å². The van der Waals surface area contributed by atoms with E-state index in [9.17, 15) is 14.4 Å². The second-order valence-corrected chi connectivity index (χ2v) is 9.04. The van der Waals surface area contributed by atoms with Crippen LogP contribution in [0.25, 0.3) is 11.1 Å². The normalized spacial score (nSPS) is 19.5. The molecule has 3 amide bonds. The maximum atomic E-state index is 13.4. The van der Waals surface area contributed by atoms with E-state index in [4.69, 9.17) is 0 Å². The van der Waals surface area contributed by atoms with E-state index in [1.807, 2.05) is 79.7 Å². The molecule has 7 heteroatoms. The molecule has 2 heterocycles. The number of benzene rings is 3. The molecule has 0 aliphatic carbocycles. The molecular formula is C28H28N4O3. The van der Waals surface area contributed by atoms with Gasteiger partial charge in [0.15, 0.2) is 0 Å². The van der Waals surface area contributed by atoms with Crippen molar-refractivity contribution in [1.82, 2.24) is 16.1 Å². The Bertz CT molecular complexity index is 1300. The Balaban J connectivity index is 1.36. The smallest absolute Gasteiger partial charge is 0.261 e. The third-order valence-electron chi connectivity index (χ3n) is 6.80. The predicted molar refractivity (Wildman–Crippen MR) is 134 cm³/mol. The zero-order chi connectivity index (χ0) is 24.5. The van der Waals surface area contributed by atoms with Gasteiger partial charge in [-0.1, -0.05) is 66.7 Å². The molecule has 5 rings (SSSR count). The van der Waals surface area contributed by atoms with Crippen LogP contribution in [0.2, 0.25) is 0 Å². The molecule has 0 aromatic heterocycles. The van der Waals surface area contributed by atoms with Crippen molar-refractivity contribution >= 4 is 23.4 Å². The summed E-state index contributed by atoms with van der Waals surface area (Å²) in [6, 6.07) is 21.7. The number of anilines is 1. The highest BCUT2D eigenvalue weighted by Gasteiger charge is 2.34. The molecule has 2 aliphatic rings. The zero-order valence-corrected chi connectivity index (χ0v) is 19.7. The van der Waals surface area contributed by atoms with Crippen molar-refractivity contribution in [3.8, 4) is 11.1 Å². The largest absolute Gasteiger partial charge is 0.343 e. The number of hydrogen-bond acceptors (Lipinski definition) is 4. The lowest BCUT2D eigenvalue weighted by molar-refractivity contribution is -0.131. The number of hydrogen-bond donors (Lipinski definition) is 3. The molecule has 2 unspecified atom stereocenters. The minimum absolute atomic E-state index is 0.239.